The molecule has 7 nitrogen and oxygen atoms in total. The van der Waals surface area contributed by atoms with Crippen LogP contribution >= 0.6 is 0 Å². The maximum absolute atomic E-state index is 12.8. The van der Waals surface area contributed by atoms with E-state index >= 15 is 0 Å². The first-order chi connectivity index (χ1) is 13.4. The molecule has 11 heteroatoms. The van der Waals surface area contributed by atoms with Crippen molar-refractivity contribution in [1.29, 1.82) is 0 Å². The molecule has 1 N–H and O–H groups in total. The van der Waals surface area contributed by atoms with Crippen LogP contribution in [0.2, 0.25) is 0 Å². The summed E-state index contributed by atoms with van der Waals surface area (Å²) in [5, 5.41) is 6.60. The molecule has 1 aliphatic heterocycles. The second-order valence-corrected chi connectivity index (χ2v) is 9.13. The van der Waals surface area contributed by atoms with Crippen molar-refractivity contribution in [1.82, 2.24) is 9.78 Å². The van der Waals surface area contributed by atoms with E-state index in [0.29, 0.717) is 23.3 Å². The fourth-order valence-electron chi connectivity index (χ4n) is 3.13. The Labute approximate surface area is 165 Å². The lowest BCUT2D eigenvalue weighted by molar-refractivity contribution is -0.143. The molecular formula is C18H20F3N3O4S. The Morgan fingerprint density at radius 1 is 1.28 bits per heavy atom. The van der Waals surface area contributed by atoms with E-state index in [1.807, 2.05) is 0 Å². The molecule has 1 unspecified atom stereocenters. The molecule has 0 radical (unpaired) electrons. The summed E-state index contributed by atoms with van der Waals surface area (Å²) in [4.78, 5) is 12.9. The third-order valence-corrected chi connectivity index (χ3v) is 5.70. The summed E-state index contributed by atoms with van der Waals surface area (Å²) in [6.07, 6.45) is -1.08. The molecule has 29 heavy (non-hydrogen) atoms. The molecule has 1 aliphatic rings. The van der Waals surface area contributed by atoms with Gasteiger partial charge in [-0.3, -0.25) is 4.79 Å². The van der Waals surface area contributed by atoms with Gasteiger partial charge in [0.25, 0.3) is 5.56 Å². The lowest BCUT2D eigenvalue weighted by atomic mass is 10.1. The number of sulfone groups is 1. The van der Waals surface area contributed by atoms with Gasteiger partial charge in [0.05, 0.1) is 11.1 Å². The van der Waals surface area contributed by atoms with Gasteiger partial charge in [0.2, 0.25) is 0 Å². The molecule has 1 fully saturated rings. The van der Waals surface area contributed by atoms with E-state index in [2.05, 4.69) is 10.4 Å². The highest BCUT2D eigenvalue weighted by atomic mass is 32.2. The maximum atomic E-state index is 12.8. The number of nitrogens with zero attached hydrogens (tertiary/aromatic N) is 2. The number of aromatic nitrogens is 2. The minimum atomic E-state index is -4.61. The Bertz CT molecular complexity index is 1060. The van der Waals surface area contributed by atoms with E-state index in [-0.39, 0.29) is 16.1 Å². The molecule has 0 aliphatic carbocycles. The summed E-state index contributed by atoms with van der Waals surface area (Å²) in [5.41, 5.74) is -1.24. The number of anilines is 1. The molecular weight excluding hydrogens is 411 g/mol. The zero-order valence-electron chi connectivity index (χ0n) is 15.8. The van der Waals surface area contributed by atoms with Gasteiger partial charge in [0.15, 0.2) is 9.84 Å². The Kier molecular flexibility index (Phi) is 5.48. The van der Waals surface area contributed by atoms with Crippen molar-refractivity contribution in [3.05, 3.63) is 40.8 Å². The summed E-state index contributed by atoms with van der Waals surface area (Å²) < 4.78 is 67.7. The van der Waals surface area contributed by atoms with Crippen molar-refractivity contribution in [3.63, 3.8) is 0 Å². The number of alkyl halides is 3. The van der Waals surface area contributed by atoms with Crippen molar-refractivity contribution in [3.8, 4) is 11.1 Å². The van der Waals surface area contributed by atoms with Crippen molar-refractivity contribution < 1.29 is 26.3 Å². The summed E-state index contributed by atoms with van der Waals surface area (Å²) in [5.74, 6) is 0. The van der Waals surface area contributed by atoms with E-state index in [4.69, 9.17) is 4.74 Å². The summed E-state index contributed by atoms with van der Waals surface area (Å²) in [6.45, 7) is 0.652. The number of halogens is 3. The monoisotopic (exact) mass is 431 g/mol. The molecule has 1 atom stereocenters. The van der Waals surface area contributed by atoms with Crippen LogP contribution in [0.5, 0.6) is 0 Å². The average molecular weight is 431 g/mol. The van der Waals surface area contributed by atoms with Gasteiger partial charge in [-0.05, 0) is 37.5 Å². The molecule has 0 bridgehead atoms. The first-order valence-electron chi connectivity index (χ1n) is 8.77. The van der Waals surface area contributed by atoms with Crippen LogP contribution in [-0.2, 0) is 21.1 Å². The van der Waals surface area contributed by atoms with E-state index in [0.717, 1.165) is 18.9 Å². The van der Waals surface area contributed by atoms with Crippen LogP contribution in [0.4, 0.5) is 18.9 Å². The maximum Gasteiger partial charge on any atom is 0.408 e. The normalized spacial score (nSPS) is 20.0. The Balaban J connectivity index is 2.10. The first-order valence-corrected chi connectivity index (χ1v) is 10.7. The largest absolute Gasteiger partial charge is 0.408 e. The Morgan fingerprint density at radius 3 is 2.45 bits per heavy atom. The highest BCUT2D eigenvalue weighted by Crippen LogP contribution is 2.32. The van der Waals surface area contributed by atoms with Crippen LogP contribution in [0.25, 0.3) is 11.1 Å². The zero-order valence-corrected chi connectivity index (χ0v) is 16.6. The topological polar surface area (TPSA) is 90.3 Å². The van der Waals surface area contributed by atoms with Crippen LogP contribution < -0.4 is 10.9 Å². The molecule has 0 saturated carbocycles. The number of hydrogen-bond donors (Lipinski definition) is 1. The van der Waals surface area contributed by atoms with Gasteiger partial charge in [-0.2, -0.15) is 18.3 Å². The summed E-state index contributed by atoms with van der Waals surface area (Å²) in [6, 6.07) is 5.68. The van der Waals surface area contributed by atoms with Gasteiger partial charge in [0, 0.05) is 18.4 Å². The van der Waals surface area contributed by atoms with E-state index in [1.54, 1.807) is 6.92 Å². The predicted molar refractivity (Wildman–Crippen MR) is 100 cm³/mol. The molecule has 1 saturated heterocycles. The minimum Gasteiger partial charge on any atom is -0.356 e. The highest BCUT2D eigenvalue weighted by molar-refractivity contribution is 7.90. The van der Waals surface area contributed by atoms with E-state index in [1.165, 1.54) is 24.3 Å². The van der Waals surface area contributed by atoms with Crippen molar-refractivity contribution in [2.75, 3.05) is 18.2 Å². The van der Waals surface area contributed by atoms with Gasteiger partial charge >= 0.3 is 6.18 Å². The van der Waals surface area contributed by atoms with Gasteiger partial charge in [-0.25, -0.2) is 13.1 Å². The third kappa shape index (κ3) is 4.96. The molecule has 1 aromatic carbocycles. The predicted octanol–water partition coefficient (Wildman–Crippen LogP) is 2.81. The molecule has 0 amide bonds. The van der Waals surface area contributed by atoms with Gasteiger partial charge in [0.1, 0.15) is 18.0 Å². The molecule has 3 rings (SSSR count). The molecule has 0 spiro atoms. The number of hydrogen-bond acceptors (Lipinski definition) is 6. The second-order valence-electron chi connectivity index (χ2n) is 7.12. The molecule has 2 aromatic rings. The summed E-state index contributed by atoms with van der Waals surface area (Å²) >= 11 is 0. The van der Waals surface area contributed by atoms with Crippen LogP contribution in [0.15, 0.2) is 40.2 Å². The molecule has 2 heterocycles. The number of nitrogens with one attached hydrogen (secondary N) is 1. The highest BCUT2D eigenvalue weighted by Gasteiger charge is 2.33. The first kappa shape index (κ1) is 21.3. The zero-order chi connectivity index (χ0) is 21.4. The van der Waals surface area contributed by atoms with Crippen molar-refractivity contribution in [2.24, 2.45) is 0 Å². The van der Waals surface area contributed by atoms with Crippen molar-refractivity contribution in [2.45, 2.75) is 43.1 Å². The number of ether oxygens (including phenoxy) is 1. The summed E-state index contributed by atoms with van der Waals surface area (Å²) in [7, 11) is -3.42. The van der Waals surface area contributed by atoms with Gasteiger partial charge < -0.3 is 10.1 Å². The smallest absolute Gasteiger partial charge is 0.356 e. The van der Waals surface area contributed by atoms with Crippen LogP contribution in [-0.4, -0.2) is 43.0 Å². The lowest BCUT2D eigenvalue weighted by Crippen LogP contribution is -2.39. The average Bonchev–Trinajstić information content (AvgIpc) is 3.03. The van der Waals surface area contributed by atoms with Gasteiger partial charge in [-0.1, -0.05) is 12.1 Å². The number of rotatable bonds is 5. The Hall–Kier alpha value is -2.40. The van der Waals surface area contributed by atoms with Gasteiger partial charge in [-0.15, -0.1) is 0 Å². The standard InChI is InChI=1S/C18H20F3N3O4S/c1-17(8-3-9-28-17)23-15-14(10-22-24(16(15)25)11-18(19,20)21)12-4-6-13(7-5-12)29(2,26)27/h4-7,10,23H,3,8-9,11H2,1-2H3. The van der Waals surface area contributed by atoms with Crippen molar-refractivity contribution >= 4 is 15.5 Å². The fraction of sp³-hybridized carbons (Fsp3) is 0.444. The minimum absolute atomic E-state index is 0.0826. The van der Waals surface area contributed by atoms with E-state index in [9.17, 15) is 26.4 Å². The van der Waals surface area contributed by atoms with Crippen LogP contribution in [0, 0.1) is 0 Å². The SMILES string of the molecule is CC1(Nc2c(-c3ccc(S(C)(=O)=O)cc3)cnn(CC(F)(F)F)c2=O)CCCO1. The second kappa shape index (κ2) is 7.45. The quantitative estimate of drug-likeness (QED) is 0.783. The van der Waals surface area contributed by atoms with Crippen LogP contribution in [0.3, 0.4) is 0 Å². The molecule has 1 aromatic heterocycles. The fourth-order valence-corrected chi connectivity index (χ4v) is 3.77. The third-order valence-electron chi connectivity index (χ3n) is 4.57. The molecule has 158 valence electrons. The lowest BCUT2D eigenvalue weighted by Gasteiger charge is -2.27. The Morgan fingerprint density at radius 2 is 1.93 bits per heavy atom. The van der Waals surface area contributed by atoms with E-state index < -0.39 is 33.8 Å². The number of benzene rings is 1. The van der Waals surface area contributed by atoms with Crippen LogP contribution in [0.1, 0.15) is 19.8 Å².